The number of carbonyl (C=O) groups is 4. The Balaban J connectivity index is 1.38. The molecule has 2 atom stereocenters. The number of likely N-dealkylation sites (tertiary alicyclic amines) is 1. The fourth-order valence-corrected chi connectivity index (χ4v) is 13.8. The van der Waals surface area contributed by atoms with Crippen molar-refractivity contribution in [2.75, 3.05) is 19.4 Å². The average Bonchev–Trinajstić information content (AvgIpc) is 3.27. The SMILES string of the molecule is CC(=O)OCCC1C(CCNC(=O)OCc2ccccc2[N+](=O)[O-])C(=O)N1CP(C(=O)OCc1ccccc1[N+](=O)[O-])(c1ccccc1)(c1ccccc1)c1ccccc1. The minimum absolute atomic E-state index is 0.00157. The molecule has 1 saturated heterocycles. The molecule has 5 aromatic rings. The fourth-order valence-electron chi connectivity index (χ4n) is 7.92. The van der Waals surface area contributed by atoms with Gasteiger partial charge in [0.05, 0.1) is 4.92 Å². The topological polar surface area (TPSA) is 198 Å². The van der Waals surface area contributed by atoms with Crippen LogP contribution in [0.15, 0.2) is 140 Å². The first kappa shape index (κ1) is 42.6. The second kappa shape index (κ2) is 18.7. The molecule has 1 aliphatic heterocycles. The number of amides is 2. The molecule has 60 heavy (non-hydrogen) atoms. The molecule has 1 fully saturated rings. The van der Waals surface area contributed by atoms with E-state index in [0.29, 0.717) is 15.9 Å². The number of nitro benzene ring substituents is 2. The van der Waals surface area contributed by atoms with Crippen molar-refractivity contribution in [2.24, 2.45) is 5.92 Å². The molecule has 0 bridgehead atoms. The van der Waals surface area contributed by atoms with Crippen molar-refractivity contribution in [1.29, 1.82) is 0 Å². The van der Waals surface area contributed by atoms with Gasteiger partial charge in [0, 0.05) is 6.07 Å². The molecule has 0 aromatic heterocycles. The third-order valence-corrected chi connectivity index (χ3v) is 16.9. The van der Waals surface area contributed by atoms with Crippen LogP contribution in [0.2, 0.25) is 0 Å². The number of esters is 1. The standard InChI is InChI=1S/C44H43N4O11P/c1-32(49)57-28-26-41-38(25-27-45-43(51)58-29-33-15-11-13-23-39(33)47(53)54)42(50)46(41)31-60(35-17-5-2-6-18-35,36-19-7-3-8-20-36,37-21-9-4-10-22-37)44(52)59-30-34-16-12-14-24-40(34)48(55)56/h2-24,38,41H,25-31H2,1H3,(H,45,51). The third kappa shape index (κ3) is 8.43. The molecule has 1 aliphatic rings. The average molecular weight is 835 g/mol. The molecule has 1 heterocycles. The number of nitrogens with zero attached hydrogens (tertiary/aromatic N) is 3. The number of carbonyl (C=O) groups excluding carboxylic acids is 4. The van der Waals surface area contributed by atoms with Gasteiger partial charge in [-0.3, -0.25) is 10.1 Å². The number of hydrogen-bond donors (Lipinski definition) is 1. The first-order valence-electron chi connectivity index (χ1n) is 19.1. The van der Waals surface area contributed by atoms with Crippen LogP contribution in [0.4, 0.5) is 21.0 Å². The number of nitro groups is 2. The molecule has 1 N–H and O–H groups in total. The van der Waals surface area contributed by atoms with Crippen LogP contribution < -0.4 is 21.2 Å². The number of para-hydroxylation sites is 2. The molecule has 5 aromatic carbocycles. The monoisotopic (exact) mass is 834 g/mol. The zero-order chi connectivity index (χ0) is 42.7. The molecular formula is C44H43N4O11P. The predicted molar refractivity (Wildman–Crippen MR) is 225 cm³/mol. The van der Waals surface area contributed by atoms with Gasteiger partial charge in [0.2, 0.25) is 0 Å². The predicted octanol–water partition coefficient (Wildman–Crippen LogP) is 6.72. The van der Waals surface area contributed by atoms with Crippen LogP contribution in [0.25, 0.3) is 0 Å². The van der Waals surface area contributed by atoms with E-state index in [1.54, 1.807) is 53.4 Å². The van der Waals surface area contributed by atoms with E-state index in [1.807, 2.05) is 54.6 Å². The summed E-state index contributed by atoms with van der Waals surface area (Å²) in [5.41, 5.74) is -0.667. The first-order chi connectivity index (χ1) is 29.0. The van der Waals surface area contributed by atoms with Crippen LogP contribution in [0.3, 0.4) is 0 Å². The van der Waals surface area contributed by atoms with Gasteiger partial charge < -0.3 is 0 Å². The van der Waals surface area contributed by atoms with Crippen LogP contribution in [0, 0.1) is 26.1 Å². The Morgan fingerprint density at radius 1 is 0.650 bits per heavy atom. The van der Waals surface area contributed by atoms with E-state index < -0.39 is 52.8 Å². The quantitative estimate of drug-likeness (QED) is 0.0246. The van der Waals surface area contributed by atoms with Gasteiger partial charge in [-0.25, -0.2) is 0 Å². The van der Waals surface area contributed by atoms with Crippen molar-refractivity contribution in [3.05, 3.63) is 171 Å². The Labute approximate surface area is 345 Å². The Morgan fingerprint density at radius 2 is 1.10 bits per heavy atom. The van der Waals surface area contributed by atoms with Crippen molar-refractivity contribution < 1.29 is 43.2 Å². The van der Waals surface area contributed by atoms with E-state index >= 15 is 4.79 Å². The van der Waals surface area contributed by atoms with Crippen molar-refractivity contribution >= 4 is 57.6 Å². The summed E-state index contributed by atoms with van der Waals surface area (Å²) in [5.74, 6) is -1.51. The normalized spacial score (nSPS) is 15.4. The van der Waals surface area contributed by atoms with Gasteiger partial charge in [-0.2, -0.15) is 0 Å². The van der Waals surface area contributed by atoms with Gasteiger partial charge in [0.1, 0.15) is 0 Å². The van der Waals surface area contributed by atoms with E-state index in [2.05, 4.69) is 5.32 Å². The molecule has 0 aliphatic carbocycles. The van der Waals surface area contributed by atoms with Gasteiger partial charge in [-0.15, -0.1) is 0 Å². The molecule has 0 radical (unpaired) electrons. The summed E-state index contributed by atoms with van der Waals surface area (Å²) in [6.45, 7) is -4.23. The fraction of sp³-hybridized carbons (Fsp3) is 0.227. The number of rotatable bonds is 18. The summed E-state index contributed by atoms with van der Waals surface area (Å²) in [6.07, 6.45) is -0.642. The Kier molecular flexibility index (Phi) is 13.3. The Morgan fingerprint density at radius 3 is 1.57 bits per heavy atom. The van der Waals surface area contributed by atoms with E-state index in [0.717, 1.165) is 0 Å². The Bertz CT molecular complexity index is 2270. The summed E-state index contributed by atoms with van der Waals surface area (Å²) in [7, 11) is 0. The first-order valence-corrected chi connectivity index (χ1v) is 21.5. The number of alkyl carbamates (subject to hydrolysis) is 1. The van der Waals surface area contributed by atoms with Crippen LogP contribution in [-0.2, 0) is 37.0 Å². The number of β-lactam (4-membered cyclic amide) rings is 1. The van der Waals surface area contributed by atoms with Crippen molar-refractivity contribution in [2.45, 2.75) is 39.0 Å². The summed E-state index contributed by atoms with van der Waals surface area (Å²) >= 11 is 0. The van der Waals surface area contributed by atoms with Gasteiger partial charge in [0.15, 0.2) is 0 Å². The molecule has 2 unspecified atom stereocenters. The van der Waals surface area contributed by atoms with Crippen molar-refractivity contribution in [3.63, 3.8) is 0 Å². The summed E-state index contributed by atoms with van der Waals surface area (Å²) in [4.78, 5) is 78.9. The molecule has 16 heteroatoms. The summed E-state index contributed by atoms with van der Waals surface area (Å²) in [5, 5.41) is 27.8. The van der Waals surface area contributed by atoms with Gasteiger partial charge >= 0.3 is 313 Å². The zero-order valence-electron chi connectivity index (χ0n) is 32.7. The van der Waals surface area contributed by atoms with Crippen LogP contribution >= 0.6 is 6.60 Å². The second-order valence-corrected chi connectivity index (χ2v) is 19.0. The Hall–Kier alpha value is -6.99. The molecule has 310 valence electrons. The van der Waals surface area contributed by atoms with E-state index in [9.17, 15) is 34.6 Å². The van der Waals surface area contributed by atoms with E-state index in [-0.39, 0.29) is 67.3 Å². The molecular weight excluding hydrogens is 791 g/mol. The van der Waals surface area contributed by atoms with Gasteiger partial charge in [-0.1, -0.05) is 12.1 Å². The van der Waals surface area contributed by atoms with Crippen molar-refractivity contribution in [1.82, 2.24) is 10.2 Å². The summed E-state index contributed by atoms with van der Waals surface area (Å²) in [6, 6.07) is 38.6. The van der Waals surface area contributed by atoms with E-state index in [1.165, 1.54) is 43.3 Å². The van der Waals surface area contributed by atoms with E-state index in [4.69, 9.17) is 14.2 Å². The van der Waals surface area contributed by atoms with Crippen LogP contribution in [0.5, 0.6) is 0 Å². The maximum atomic E-state index is 15.7. The van der Waals surface area contributed by atoms with Gasteiger partial charge in [0.25, 0.3) is 0 Å². The molecule has 2 amide bonds. The van der Waals surface area contributed by atoms with Crippen LogP contribution in [0.1, 0.15) is 30.9 Å². The number of nitrogens with one attached hydrogen (secondary N) is 1. The van der Waals surface area contributed by atoms with Crippen molar-refractivity contribution in [3.8, 4) is 0 Å². The molecule has 6 rings (SSSR count). The molecule has 0 spiro atoms. The number of hydrogen-bond acceptors (Lipinski definition) is 11. The molecule has 15 nitrogen and oxygen atoms in total. The van der Waals surface area contributed by atoms with Gasteiger partial charge in [-0.05, 0) is 0 Å². The third-order valence-electron chi connectivity index (χ3n) is 10.8. The summed E-state index contributed by atoms with van der Waals surface area (Å²) < 4.78 is 16.9. The zero-order valence-corrected chi connectivity index (χ0v) is 33.6. The maximum absolute atomic E-state index is 15.7. The molecule has 0 saturated carbocycles. The number of benzene rings is 5. The minimum atomic E-state index is -4.71. The second-order valence-electron chi connectivity index (χ2n) is 14.2. The van der Waals surface area contributed by atoms with Crippen LogP contribution in [-0.4, -0.2) is 63.9 Å². The number of ether oxygens (including phenoxy) is 3.